The van der Waals surface area contributed by atoms with E-state index in [0.29, 0.717) is 29.6 Å². The highest BCUT2D eigenvalue weighted by atomic mass is 35.5. The van der Waals surface area contributed by atoms with Crippen molar-refractivity contribution in [3.8, 4) is 5.69 Å². The van der Waals surface area contributed by atoms with Crippen LogP contribution in [0.4, 0.5) is 5.69 Å². The molecule has 2 aromatic carbocycles. The van der Waals surface area contributed by atoms with E-state index in [1.165, 1.54) is 0 Å². The maximum atomic E-state index is 12.7. The number of nitrogens with zero attached hydrogens (tertiary/aromatic N) is 4. The molecule has 1 fully saturated rings. The van der Waals surface area contributed by atoms with Crippen LogP contribution in [0.3, 0.4) is 0 Å². The summed E-state index contributed by atoms with van der Waals surface area (Å²) in [5.41, 5.74) is 3.30. The van der Waals surface area contributed by atoms with Crippen LogP contribution < -0.4 is 11.0 Å². The number of carbonyl (C=O) groups is 1. The molecule has 2 aliphatic heterocycles. The van der Waals surface area contributed by atoms with Crippen LogP contribution >= 0.6 is 23.2 Å². The van der Waals surface area contributed by atoms with Gasteiger partial charge < -0.3 is 5.32 Å². The third kappa shape index (κ3) is 4.70. The number of aromatic nitrogens is 3. The van der Waals surface area contributed by atoms with Crippen molar-refractivity contribution in [1.82, 2.24) is 24.6 Å². The van der Waals surface area contributed by atoms with Gasteiger partial charge in [0.2, 0.25) is 5.91 Å². The number of rotatable bonds is 5. The molecule has 0 bridgehead atoms. The first-order valence-electron chi connectivity index (χ1n) is 10.9. The Morgan fingerprint density at radius 3 is 2.52 bits per heavy atom. The summed E-state index contributed by atoms with van der Waals surface area (Å²) in [5.74, 6) is 0.690. The van der Waals surface area contributed by atoms with E-state index >= 15 is 0 Å². The first-order valence-corrected chi connectivity index (χ1v) is 11.7. The third-order valence-electron chi connectivity index (χ3n) is 6.24. The second kappa shape index (κ2) is 9.30. The largest absolute Gasteiger partial charge is 0.347 e. The van der Waals surface area contributed by atoms with Gasteiger partial charge in [0.05, 0.1) is 12.2 Å². The van der Waals surface area contributed by atoms with E-state index in [2.05, 4.69) is 25.3 Å². The number of piperazine rings is 1. The summed E-state index contributed by atoms with van der Waals surface area (Å²) in [6.45, 7) is 4.32. The normalized spacial score (nSPS) is 16.3. The highest BCUT2D eigenvalue weighted by Gasteiger charge is 2.22. The predicted molar refractivity (Wildman–Crippen MR) is 128 cm³/mol. The van der Waals surface area contributed by atoms with E-state index in [-0.39, 0.29) is 11.6 Å². The molecule has 0 atom stereocenters. The topological polar surface area (TPSA) is 86.3 Å². The standard InChI is InChI=1S/C23H24Cl2N6O2/c24-18-2-1-3-19(25)17(18)13-29-8-10-30(11-9-29)14-22(32)26-16-5-6-20-15(12-16)4-7-21-27-28-23(33)31(20)21/h1-3,5-6,12H,4,7-11,13-14H2,(H,26,32)(H,28,33). The van der Waals surface area contributed by atoms with Crippen LogP contribution in [0.1, 0.15) is 17.0 Å². The molecule has 1 amide bonds. The van der Waals surface area contributed by atoms with Gasteiger partial charge in [-0.2, -0.15) is 5.10 Å². The summed E-state index contributed by atoms with van der Waals surface area (Å²) in [5, 5.41) is 10.9. The number of nitrogens with one attached hydrogen (secondary N) is 2. The zero-order valence-corrected chi connectivity index (χ0v) is 19.5. The van der Waals surface area contributed by atoms with Crippen LogP contribution in [0.2, 0.25) is 10.0 Å². The van der Waals surface area contributed by atoms with Crippen molar-refractivity contribution in [2.45, 2.75) is 19.4 Å². The van der Waals surface area contributed by atoms with Gasteiger partial charge in [-0.25, -0.2) is 14.5 Å². The van der Waals surface area contributed by atoms with E-state index < -0.39 is 0 Å². The minimum absolute atomic E-state index is 0.0467. The minimum Gasteiger partial charge on any atom is -0.325 e. The molecule has 3 aromatic rings. The first kappa shape index (κ1) is 22.2. The Bertz CT molecular complexity index is 1230. The van der Waals surface area contributed by atoms with Crippen LogP contribution in [-0.2, 0) is 24.2 Å². The Morgan fingerprint density at radius 2 is 1.76 bits per heavy atom. The van der Waals surface area contributed by atoms with Gasteiger partial charge in [-0.05, 0) is 42.3 Å². The Hall–Kier alpha value is -2.65. The van der Waals surface area contributed by atoms with Crippen LogP contribution in [-0.4, -0.2) is 63.2 Å². The van der Waals surface area contributed by atoms with Gasteiger partial charge in [-0.15, -0.1) is 0 Å². The highest BCUT2D eigenvalue weighted by molar-refractivity contribution is 6.35. The Labute approximate surface area is 201 Å². The lowest BCUT2D eigenvalue weighted by Crippen LogP contribution is -2.48. The summed E-state index contributed by atoms with van der Waals surface area (Å²) in [6.07, 6.45) is 1.47. The molecular weight excluding hydrogens is 463 g/mol. The number of amides is 1. The van der Waals surface area contributed by atoms with Crippen molar-refractivity contribution in [2.75, 3.05) is 38.0 Å². The third-order valence-corrected chi connectivity index (χ3v) is 6.95. The number of aryl methyl sites for hydroxylation is 2. The maximum Gasteiger partial charge on any atom is 0.347 e. The fraction of sp³-hybridized carbons (Fsp3) is 0.348. The fourth-order valence-corrected chi connectivity index (χ4v) is 5.01. The predicted octanol–water partition coefficient (Wildman–Crippen LogP) is 2.72. The molecule has 0 aliphatic carbocycles. The zero-order valence-electron chi connectivity index (χ0n) is 18.0. The van der Waals surface area contributed by atoms with Gasteiger partial charge in [-0.1, -0.05) is 29.3 Å². The average Bonchev–Trinajstić information content (AvgIpc) is 3.18. The first-order chi connectivity index (χ1) is 16.0. The lowest BCUT2D eigenvalue weighted by Gasteiger charge is -2.34. The maximum absolute atomic E-state index is 12.7. The molecule has 5 rings (SSSR count). The van der Waals surface area contributed by atoms with Crippen LogP contribution in [0.25, 0.3) is 5.69 Å². The molecule has 0 unspecified atom stereocenters. The molecule has 10 heteroatoms. The Kier molecular flexibility index (Phi) is 6.25. The van der Waals surface area contributed by atoms with Crippen molar-refractivity contribution in [2.24, 2.45) is 0 Å². The molecule has 2 aliphatic rings. The summed E-state index contributed by atoms with van der Waals surface area (Å²) in [4.78, 5) is 29.1. The number of carbonyl (C=O) groups excluding carboxylic acids is 1. The molecule has 1 aromatic heterocycles. The number of halogens is 2. The number of benzene rings is 2. The van der Waals surface area contributed by atoms with Gasteiger partial charge >= 0.3 is 5.69 Å². The number of hydrogen-bond donors (Lipinski definition) is 2. The van der Waals surface area contributed by atoms with E-state index in [1.807, 2.05) is 36.4 Å². The summed E-state index contributed by atoms with van der Waals surface area (Å²) in [7, 11) is 0. The van der Waals surface area contributed by atoms with E-state index in [1.54, 1.807) is 4.57 Å². The minimum atomic E-state index is -0.237. The van der Waals surface area contributed by atoms with Crippen molar-refractivity contribution >= 4 is 34.8 Å². The quantitative estimate of drug-likeness (QED) is 0.578. The number of aromatic amines is 1. The smallest absolute Gasteiger partial charge is 0.325 e. The SMILES string of the molecule is O=C(CN1CCN(Cc2c(Cl)cccc2Cl)CC1)Nc1ccc2c(c1)CCc1n[nH]c(=O)n1-2. The molecule has 3 heterocycles. The summed E-state index contributed by atoms with van der Waals surface area (Å²) < 4.78 is 1.60. The van der Waals surface area contributed by atoms with Gasteiger partial charge in [0, 0.05) is 60.4 Å². The van der Waals surface area contributed by atoms with Crippen LogP contribution in [0, 0.1) is 0 Å². The highest BCUT2D eigenvalue weighted by Crippen LogP contribution is 2.27. The van der Waals surface area contributed by atoms with Gasteiger partial charge in [0.15, 0.2) is 0 Å². The molecule has 33 heavy (non-hydrogen) atoms. The molecule has 0 spiro atoms. The number of hydrogen-bond acceptors (Lipinski definition) is 5. The molecular formula is C23H24Cl2N6O2. The number of anilines is 1. The fourth-order valence-electron chi connectivity index (χ4n) is 4.49. The second-order valence-electron chi connectivity index (χ2n) is 8.42. The van der Waals surface area contributed by atoms with Crippen molar-refractivity contribution in [3.05, 3.63) is 73.9 Å². The van der Waals surface area contributed by atoms with Gasteiger partial charge in [0.25, 0.3) is 0 Å². The Morgan fingerprint density at radius 1 is 1.03 bits per heavy atom. The zero-order chi connectivity index (χ0) is 22.9. The van der Waals surface area contributed by atoms with E-state index in [0.717, 1.165) is 60.9 Å². The second-order valence-corrected chi connectivity index (χ2v) is 9.24. The number of fused-ring (bicyclic) bond motifs is 3. The Balaban J connectivity index is 1.15. The lowest BCUT2D eigenvalue weighted by molar-refractivity contribution is -0.117. The lowest BCUT2D eigenvalue weighted by atomic mass is 10.0. The van der Waals surface area contributed by atoms with E-state index in [9.17, 15) is 9.59 Å². The van der Waals surface area contributed by atoms with Crippen LogP contribution in [0.5, 0.6) is 0 Å². The van der Waals surface area contributed by atoms with Crippen molar-refractivity contribution in [3.63, 3.8) is 0 Å². The molecule has 2 N–H and O–H groups in total. The number of H-pyrrole nitrogens is 1. The van der Waals surface area contributed by atoms with Crippen molar-refractivity contribution in [1.29, 1.82) is 0 Å². The molecule has 1 saturated heterocycles. The molecule has 0 radical (unpaired) electrons. The molecule has 0 saturated carbocycles. The van der Waals surface area contributed by atoms with Gasteiger partial charge in [0.1, 0.15) is 5.82 Å². The summed E-state index contributed by atoms with van der Waals surface area (Å²) >= 11 is 12.6. The summed E-state index contributed by atoms with van der Waals surface area (Å²) in [6, 6.07) is 11.2. The molecule has 8 nitrogen and oxygen atoms in total. The molecule has 172 valence electrons. The van der Waals surface area contributed by atoms with Crippen molar-refractivity contribution < 1.29 is 4.79 Å². The average molecular weight is 487 g/mol. The van der Waals surface area contributed by atoms with E-state index in [4.69, 9.17) is 23.2 Å². The monoisotopic (exact) mass is 486 g/mol. The van der Waals surface area contributed by atoms with Gasteiger partial charge in [-0.3, -0.25) is 14.6 Å². The van der Waals surface area contributed by atoms with Crippen LogP contribution in [0.15, 0.2) is 41.2 Å².